The van der Waals surface area contributed by atoms with Gasteiger partial charge in [0.25, 0.3) is 0 Å². The van der Waals surface area contributed by atoms with Crippen LogP contribution in [0.15, 0.2) is 18.2 Å². The molecule has 1 heterocycles. The second-order valence-electron chi connectivity index (χ2n) is 5.48. The minimum absolute atomic E-state index is 0.640. The molecule has 0 aliphatic heterocycles. The third-order valence-electron chi connectivity index (χ3n) is 3.29. The van der Waals surface area contributed by atoms with Gasteiger partial charge in [0.2, 0.25) is 0 Å². The summed E-state index contributed by atoms with van der Waals surface area (Å²) < 4.78 is 2.43. The van der Waals surface area contributed by atoms with Crippen molar-refractivity contribution in [2.24, 2.45) is 5.92 Å². The van der Waals surface area contributed by atoms with Gasteiger partial charge in [0.05, 0.1) is 11.0 Å². The molecule has 3 nitrogen and oxygen atoms in total. The number of imidazole rings is 1. The van der Waals surface area contributed by atoms with Gasteiger partial charge in [-0.05, 0) is 37.0 Å². The third-order valence-corrected chi connectivity index (χ3v) is 3.29. The van der Waals surface area contributed by atoms with Crippen molar-refractivity contribution < 1.29 is 0 Å². The summed E-state index contributed by atoms with van der Waals surface area (Å²) in [6.45, 7) is 4.48. The van der Waals surface area contributed by atoms with Gasteiger partial charge in [-0.1, -0.05) is 13.8 Å². The molecule has 3 heteroatoms. The highest BCUT2D eigenvalue weighted by Crippen LogP contribution is 2.39. The number of nitrogens with two attached hydrogens (primary N) is 1. The van der Waals surface area contributed by atoms with Crippen LogP contribution in [0.1, 0.15) is 38.6 Å². The molecule has 0 atom stereocenters. The number of hydrogen-bond acceptors (Lipinski definition) is 2. The van der Waals surface area contributed by atoms with Crippen molar-refractivity contribution in [2.45, 2.75) is 39.2 Å². The molecule has 1 saturated carbocycles. The molecule has 1 aliphatic rings. The average Bonchev–Trinajstić information content (AvgIpc) is 3.00. The second-order valence-corrected chi connectivity index (χ2v) is 5.48. The lowest BCUT2D eigenvalue weighted by Gasteiger charge is -2.09. The number of fused-ring (bicyclic) bond motifs is 1. The molecule has 0 saturated heterocycles. The van der Waals surface area contributed by atoms with Crippen molar-refractivity contribution >= 4 is 16.7 Å². The predicted molar refractivity (Wildman–Crippen MR) is 71.0 cm³/mol. The highest BCUT2D eigenvalue weighted by Gasteiger charge is 2.28. The molecular weight excluding hydrogens is 210 g/mol. The van der Waals surface area contributed by atoms with Crippen LogP contribution in [-0.2, 0) is 6.42 Å². The summed E-state index contributed by atoms with van der Waals surface area (Å²) in [4.78, 5) is 4.76. The first-order chi connectivity index (χ1) is 8.15. The largest absolute Gasteiger partial charge is 0.399 e. The molecule has 1 fully saturated rings. The van der Waals surface area contributed by atoms with E-state index in [9.17, 15) is 0 Å². The van der Waals surface area contributed by atoms with Crippen molar-refractivity contribution in [1.29, 1.82) is 0 Å². The van der Waals surface area contributed by atoms with E-state index in [0.717, 1.165) is 17.6 Å². The number of nitrogen functional groups attached to an aromatic ring is 1. The normalized spacial score (nSPS) is 15.9. The van der Waals surface area contributed by atoms with Crippen LogP contribution in [0.25, 0.3) is 11.0 Å². The number of nitrogens with zero attached hydrogens (tertiary/aromatic N) is 2. The molecule has 0 unspecified atom stereocenters. The van der Waals surface area contributed by atoms with E-state index >= 15 is 0 Å². The van der Waals surface area contributed by atoms with Gasteiger partial charge in [0.1, 0.15) is 5.82 Å². The molecule has 1 aromatic heterocycles. The van der Waals surface area contributed by atoms with E-state index in [1.165, 1.54) is 24.2 Å². The van der Waals surface area contributed by atoms with Crippen molar-refractivity contribution in [3.05, 3.63) is 24.0 Å². The van der Waals surface area contributed by atoms with E-state index in [0.29, 0.717) is 12.0 Å². The molecule has 0 amide bonds. The van der Waals surface area contributed by atoms with Gasteiger partial charge in [-0.3, -0.25) is 0 Å². The van der Waals surface area contributed by atoms with Crippen LogP contribution in [0.5, 0.6) is 0 Å². The minimum Gasteiger partial charge on any atom is -0.399 e. The highest BCUT2D eigenvalue weighted by molar-refractivity contribution is 5.80. The Morgan fingerprint density at radius 2 is 2.18 bits per heavy atom. The van der Waals surface area contributed by atoms with Crippen molar-refractivity contribution in [3.63, 3.8) is 0 Å². The van der Waals surface area contributed by atoms with Gasteiger partial charge in [0, 0.05) is 18.2 Å². The summed E-state index contributed by atoms with van der Waals surface area (Å²) in [6, 6.07) is 6.75. The van der Waals surface area contributed by atoms with Gasteiger partial charge < -0.3 is 10.3 Å². The fourth-order valence-corrected chi connectivity index (χ4v) is 2.41. The van der Waals surface area contributed by atoms with E-state index in [4.69, 9.17) is 10.7 Å². The van der Waals surface area contributed by atoms with Crippen LogP contribution in [-0.4, -0.2) is 9.55 Å². The van der Waals surface area contributed by atoms with Gasteiger partial charge in [-0.2, -0.15) is 0 Å². The topological polar surface area (TPSA) is 43.8 Å². The summed E-state index contributed by atoms with van der Waals surface area (Å²) in [6.07, 6.45) is 3.63. The minimum atomic E-state index is 0.640. The monoisotopic (exact) mass is 229 g/mol. The molecule has 3 rings (SSSR count). The van der Waals surface area contributed by atoms with Crippen LogP contribution in [0.2, 0.25) is 0 Å². The maximum Gasteiger partial charge on any atom is 0.110 e. The van der Waals surface area contributed by atoms with E-state index < -0.39 is 0 Å². The molecule has 2 N–H and O–H groups in total. The standard InChI is InChI=1S/C14H19N3/c1-9(2)7-14-16-12-8-10(15)3-6-13(12)17(14)11-4-5-11/h3,6,8-9,11H,4-5,7,15H2,1-2H3. The zero-order valence-electron chi connectivity index (χ0n) is 10.5. The molecule has 1 aromatic carbocycles. The Labute approximate surface area is 102 Å². The lowest BCUT2D eigenvalue weighted by Crippen LogP contribution is -2.05. The molecule has 0 bridgehead atoms. The number of rotatable bonds is 3. The molecule has 17 heavy (non-hydrogen) atoms. The number of aromatic nitrogens is 2. The van der Waals surface area contributed by atoms with Crippen LogP contribution < -0.4 is 5.73 Å². The van der Waals surface area contributed by atoms with Gasteiger partial charge >= 0.3 is 0 Å². The first-order valence-electron chi connectivity index (χ1n) is 6.41. The van der Waals surface area contributed by atoms with Gasteiger partial charge in [-0.25, -0.2) is 4.98 Å². The maximum atomic E-state index is 5.83. The summed E-state index contributed by atoms with van der Waals surface area (Å²) in [7, 11) is 0. The van der Waals surface area contributed by atoms with Crippen molar-refractivity contribution in [2.75, 3.05) is 5.73 Å². The lowest BCUT2D eigenvalue weighted by molar-refractivity contribution is 0.585. The smallest absolute Gasteiger partial charge is 0.110 e. The Bertz CT molecular complexity index is 550. The molecule has 1 aliphatic carbocycles. The quantitative estimate of drug-likeness (QED) is 0.822. The number of anilines is 1. The summed E-state index contributed by atoms with van der Waals surface area (Å²) in [5.74, 6) is 1.87. The maximum absolute atomic E-state index is 5.83. The molecule has 2 aromatic rings. The Hall–Kier alpha value is -1.51. The first-order valence-corrected chi connectivity index (χ1v) is 6.41. The highest BCUT2D eigenvalue weighted by atomic mass is 15.1. The average molecular weight is 229 g/mol. The fourth-order valence-electron chi connectivity index (χ4n) is 2.41. The molecule has 0 spiro atoms. The third kappa shape index (κ3) is 1.90. The lowest BCUT2D eigenvalue weighted by atomic mass is 10.1. The van der Waals surface area contributed by atoms with E-state index in [-0.39, 0.29) is 0 Å². The van der Waals surface area contributed by atoms with Crippen LogP contribution in [0.4, 0.5) is 5.69 Å². The Kier molecular flexibility index (Phi) is 2.35. The molecular formula is C14H19N3. The number of hydrogen-bond donors (Lipinski definition) is 1. The van der Waals surface area contributed by atoms with E-state index in [1.54, 1.807) is 0 Å². The van der Waals surface area contributed by atoms with Crippen LogP contribution >= 0.6 is 0 Å². The van der Waals surface area contributed by atoms with Crippen molar-refractivity contribution in [1.82, 2.24) is 9.55 Å². The van der Waals surface area contributed by atoms with Crippen LogP contribution in [0.3, 0.4) is 0 Å². The summed E-state index contributed by atoms with van der Waals surface area (Å²) in [5, 5.41) is 0. The SMILES string of the molecule is CC(C)Cc1nc2cc(N)ccc2n1C1CC1. The van der Waals surface area contributed by atoms with E-state index in [1.807, 2.05) is 12.1 Å². The number of benzene rings is 1. The zero-order chi connectivity index (χ0) is 12.0. The Balaban J connectivity index is 2.15. The molecule has 0 radical (unpaired) electrons. The second kappa shape index (κ2) is 3.76. The predicted octanol–water partition coefficient (Wildman–Crippen LogP) is 3.15. The Morgan fingerprint density at radius 3 is 2.82 bits per heavy atom. The van der Waals surface area contributed by atoms with Crippen molar-refractivity contribution in [3.8, 4) is 0 Å². The Morgan fingerprint density at radius 1 is 1.41 bits per heavy atom. The van der Waals surface area contributed by atoms with Gasteiger partial charge in [-0.15, -0.1) is 0 Å². The summed E-state index contributed by atoms with van der Waals surface area (Å²) >= 11 is 0. The first kappa shape index (κ1) is 10.6. The van der Waals surface area contributed by atoms with Gasteiger partial charge in [0.15, 0.2) is 0 Å². The molecule has 90 valence electrons. The fraction of sp³-hybridized carbons (Fsp3) is 0.500. The zero-order valence-corrected chi connectivity index (χ0v) is 10.5. The van der Waals surface area contributed by atoms with Crippen LogP contribution in [0, 0.1) is 5.92 Å². The summed E-state index contributed by atoms with van der Waals surface area (Å²) in [5.41, 5.74) is 8.92. The van der Waals surface area contributed by atoms with E-state index in [2.05, 4.69) is 24.5 Å².